The fourth-order valence-electron chi connectivity index (χ4n) is 7.05. The van der Waals surface area contributed by atoms with Crippen LogP contribution in [-0.4, -0.2) is 34.0 Å². The highest BCUT2D eigenvalue weighted by atomic mass is 16.5. The summed E-state index contributed by atoms with van der Waals surface area (Å²) in [5, 5.41) is 19.5. The summed E-state index contributed by atoms with van der Waals surface area (Å²) in [6.45, 7) is 2.05. The summed E-state index contributed by atoms with van der Waals surface area (Å²) in [4.78, 5) is 13.5. The Labute approximate surface area is 238 Å². The molecule has 1 heterocycles. The van der Waals surface area contributed by atoms with E-state index in [1.165, 1.54) is 24.8 Å². The number of benzene rings is 2. The first-order chi connectivity index (χ1) is 19.5. The minimum absolute atomic E-state index is 0.0927. The molecule has 0 aliphatic heterocycles. The molecule has 2 aromatic carbocycles. The van der Waals surface area contributed by atoms with Crippen LogP contribution in [0.5, 0.6) is 5.75 Å². The van der Waals surface area contributed by atoms with Crippen molar-refractivity contribution in [3.05, 3.63) is 71.5 Å². The number of hydrogen-bond donors (Lipinski definition) is 2. The summed E-state index contributed by atoms with van der Waals surface area (Å²) in [6.07, 6.45) is 14.0. The minimum Gasteiger partial charge on any atom is -0.496 e. The van der Waals surface area contributed by atoms with Crippen LogP contribution < -0.4 is 10.1 Å². The van der Waals surface area contributed by atoms with Gasteiger partial charge in [0.1, 0.15) is 5.75 Å². The number of aromatic nitrogens is 2. The Bertz CT molecular complexity index is 1320. The van der Waals surface area contributed by atoms with Gasteiger partial charge in [0.05, 0.1) is 31.5 Å². The predicted octanol–water partition coefficient (Wildman–Crippen LogP) is 6.88. The van der Waals surface area contributed by atoms with Crippen LogP contribution in [0.4, 0.5) is 0 Å². The lowest BCUT2D eigenvalue weighted by Gasteiger charge is -2.38. The van der Waals surface area contributed by atoms with Crippen molar-refractivity contribution in [2.45, 2.75) is 95.2 Å². The third kappa shape index (κ3) is 5.83. The van der Waals surface area contributed by atoms with Crippen molar-refractivity contribution < 1.29 is 14.6 Å². The van der Waals surface area contributed by atoms with Crippen LogP contribution in [0.25, 0.3) is 11.1 Å². The molecular weight excluding hydrogens is 498 g/mol. The van der Waals surface area contributed by atoms with Crippen molar-refractivity contribution in [2.24, 2.45) is 11.8 Å². The second kappa shape index (κ2) is 11.8. The van der Waals surface area contributed by atoms with Crippen molar-refractivity contribution >= 4 is 5.91 Å². The SMILES string of the molecule is COc1ccc(C2CCC(C(NC(=O)C3CCCCC3)c3cccc(-c4cnn(C5CC5)c4)c3)CC2O)cc1C. The standard InChI is InChI=1S/C34H43N3O3/c1-22-17-25(12-16-32(22)40-2)30-15-11-27(19-31(30)38)33(36-34(39)23-7-4-3-5-8-23)26-10-6-9-24(18-26)28-20-35-37(21-28)29-13-14-29/h6,9-10,12,16-18,20-21,23,27,29-31,33,38H,3-5,7-8,11,13-15,19H2,1-2H3,(H,36,39). The molecule has 3 aliphatic carbocycles. The Morgan fingerprint density at radius 1 is 1.02 bits per heavy atom. The summed E-state index contributed by atoms with van der Waals surface area (Å²) in [7, 11) is 1.69. The lowest BCUT2D eigenvalue weighted by atomic mass is 9.72. The van der Waals surface area contributed by atoms with Gasteiger partial charge >= 0.3 is 0 Å². The van der Waals surface area contributed by atoms with Crippen LogP contribution in [0.15, 0.2) is 54.9 Å². The van der Waals surface area contributed by atoms with Gasteiger partial charge in [-0.25, -0.2) is 0 Å². The Kier molecular flexibility index (Phi) is 7.97. The molecule has 3 fully saturated rings. The largest absolute Gasteiger partial charge is 0.496 e. The summed E-state index contributed by atoms with van der Waals surface area (Å²) < 4.78 is 7.53. The van der Waals surface area contributed by atoms with Gasteiger partial charge in [-0.15, -0.1) is 0 Å². The van der Waals surface area contributed by atoms with E-state index in [2.05, 4.69) is 64.6 Å². The number of carbonyl (C=O) groups excluding carboxylic acids is 1. The molecule has 6 nitrogen and oxygen atoms in total. The van der Waals surface area contributed by atoms with E-state index in [1.54, 1.807) is 7.11 Å². The molecule has 212 valence electrons. The molecule has 1 amide bonds. The fraction of sp³-hybridized carbons (Fsp3) is 0.529. The zero-order valence-corrected chi connectivity index (χ0v) is 23.9. The lowest BCUT2D eigenvalue weighted by molar-refractivity contribution is -0.127. The van der Waals surface area contributed by atoms with E-state index in [0.717, 1.165) is 66.5 Å². The van der Waals surface area contributed by atoms with Crippen LogP contribution >= 0.6 is 0 Å². The average molecular weight is 542 g/mol. The van der Waals surface area contributed by atoms with Gasteiger partial charge in [0.25, 0.3) is 0 Å². The van der Waals surface area contributed by atoms with Crippen molar-refractivity contribution in [1.82, 2.24) is 15.1 Å². The number of nitrogens with one attached hydrogen (secondary N) is 1. The average Bonchev–Trinajstić information content (AvgIpc) is 3.72. The predicted molar refractivity (Wildman–Crippen MR) is 157 cm³/mol. The molecule has 4 unspecified atom stereocenters. The van der Waals surface area contributed by atoms with E-state index in [4.69, 9.17) is 4.74 Å². The third-order valence-electron chi connectivity index (χ3n) is 9.55. The Hall–Kier alpha value is -3.12. The maximum absolute atomic E-state index is 13.5. The number of amides is 1. The van der Waals surface area contributed by atoms with Crippen molar-refractivity contribution in [2.75, 3.05) is 7.11 Å². The molecule has 0 bridgehead atoms. The highest BCUT2D eigenvalue weighted by Crippen LogP contribution is 2.43. The molecule has 0 saturated heterocycles. The van der Waals surface area contributed by atoms with Crippen LogP contribution in [0.3, 0.4) is 0 Å². The first kappa shape index (κ1) is 27.1. The van der Waals surface area contributed by atoms with E-state index >= 15 is 0 Å². The number of aliphatic hydroxyl groups excluding tert-OH is 1. The monoisotopic (exact) mass is 541 g/mol. The summed E-state index contributed by atoms with van der Waals surface area (Å²) in [5.41, 5.74) is 5.63. The molecule has 0 radical (unpaired) electrons. The van der Waals surface area contributed by atoms with Crippen LogP contribution in [-0.2, 0) is 4.79 Å². The van der Waals surface area contributed by atoms with Crippen molar-refractivity contribution in [3.63, 3.8) is 0 Å². The molecule has 3 aromatic rings. The van der Waals surface area contributed by atoms with Crippen molar-refractivity contribution in [3.8, 4) is 16.9 Å². The number of ether oxygens (including phenoxy) is 1. The number of hydrogen-bond acceptors (Lipinski definition) is 4. The van der Waals surface area contributed by atoms with E-state index in [1.807, 2.05) is 12.3 Å². The number of aryl methyl sites for hydroxylation is 1. The van der Waals surface area contributed by atoms with Gasteiger partial charge < -0.3 is 15.2 Å². The van der Waals surface area contributed by atoms with Gasteiger partial charge in [-0.3, -0.25) is 9.48 Å². The number of carbonyl (C=O) groups is 1. The number of rotatable bonds is 8. The van der Waals surface area contributed by atoms with Crippen LogP contribution in [0.2, 0.25) is 0 Å². The maximum atomic E-state index is 13.5. The van der Waals surface area contributed by atoms with Gasteiger partial charge in [-0.05, 0) is 92.2 Å². The zero-order chi connectivity index (χ0) is 27.6. The smallest absolute Gasteiger partial charge is 0.223 e. The molecule has 6 rings (SSSR count). The highest BCUT2D eigenvalue weighted by molar-refractivity contribution is 5.79. The summed E-state index contributed by atoms with van der Waals surface area (Å²) in [5.74, 6) is 1.41. The normalized spacial score (nSPS) is 24.4. The molecule has 4 atom stereocenters. The third-order valence-corrected chi connectivity index (χ3v) is 9.55. The summed E-state index contributed by atoms with van der Waals surface area (Å²) in [6, 6.07) is 15.3. The topological polar surface area (TPSA) is 76.4 Å². The Morgan fingerprint density at radius 2 is 1.85 bits per heavy atom. The van der Waals surface area contributed by atoms with E-state index < -0.39 is 6.10 Å². The molecule has 0 spiro atoms. The lowest BCUT2D eigenvalue weighted by Crippen LogP contribution is -2.41. The van der Waals surface area contributed by atoms with Gasteiger partial charge in [0.2, 0.25) is 5.91 Å². The second-order valence-corrected chi connectivity index (χ2v) is 12.4. The van der Waals surface area contributed by atoms with Crippen LogP contribution in [0.1, 0.15) is 98.9 Å². The van der Waals surface area contributed by atoms with Crippen molar-refractivity contribution in [1.29, 1.82) is 0 Å². The van der Waals surface area contributed by atoms with Gasteiger partial charge in [-0.2, -0.15) is 5.10 Å². The number of methoxy groups -OCH3 is 1. The minimum atomic E-state index is -0.458. The molecular formula is C34H43N3O3. The second-order valence-electron chi connectivity index (χ2n) is 12.4. The van der Waals surface area contributed by atoms with Crippen LogP contribution in [0, 0.1) is 18.8 Å². The molecule has 3 saturated carbocycles. The number of nitrogens with zero attached hydrogens (tertiary/aromatic N) is 2. The first-order valence-electron chi connectivity index (χ1n) is 15.3. The van der Waals surface area contributed by atoms with E-state index in [-0.39, 0.29) is 29.7 Å². The zero-order valence-electron chi connectivity index (χ0n) is 23.9. The van der Waals surface area contributed by atoms with Gasteiger partial charge in [-0.1, -0.05) is 49.6 Å². The fourth-order valence-corrected chi connectivity index (χ4v) is 7.05. The maximum Gasteiger partial charge on any atom is 0.223 e. The quantitative estimate of drug-likeness (QED) is 0.326. The van der Waals surface area contributed by atoms with E-state index in [0.29, 0.717) is 12.5 Å². The highest BCUT2D eigenvalue weighted by Gasteiger charge is 2.37. The Balaban J connectivity index is 1.24. The van der Waals surface area contributed by atoms with Gasteiger partial charge in [0, 0.05) is 23.6 Å². The first-order valence-corrected chi connectivity index (χ1v) is 15.3. The Morgan fingerprint density at radius 3 is 2.58 bits per heavy atom. The molecule has 2 N–H and O–H groups in total. The van der Waals surface area contributed by atoms with E-state index in [9.17, 15) is 9.90 Å². The molecule has 6 heteroatoms. The molecule has 3 aliphatic rings. The van der Waals surface area contributed by atoms with Gasteiger partial charge in [0.15, 0.2) is 0 Å². The summed E-state index contributed by atoms with van der Waals surface area (Å²) >= 11 is 0. The number of aliphatic hydroxyl groups is 1. The molecule has 40 heavy (non-hydrogen) atoms. The molecule has 1 aromatic heterocycles.